The van der Waals surface area contributed by atoms with Crippen LogP contribution in [0.3, 0.4) is 0 Å². The van der Waals surface area contributed by atoms with Crippen molar-refractivity contribution in [2.75, 3.05) is 6.54 Å². The van der Waals surface area contributed by atoms with Gasteiger partial charge in [0.2, 0.25) is 0 Å². The summed E-state index contributed by atoms with van der Waals surface area (Å²) >= 11 is 3.67. The first-order valence-electron chi connectivity index (χ1n) is 6.70. The Balaban J connectivity index is 2.41. The van der Waals surface area contributed by atoms with Crippen LogP contribution >= 0.6 is 15.9 Å². The van der Waals surface area contributed by atoms with Gasteiger partial charge in [-0.3, -0.25) is 4.68 Å². The molecule has 2 heterocycles. The van der Waals surface area contributed by atoms with Gasteiger partial charge in [-0.1, -0.05) is 19.8 Å². The van der Waals surface area contributed by atoms with Gasteiger partial charge in [-0.25, -0.2) is 0 Å². The standard InChI is InChI=1S/C13H22BrN3/c1-3-13(8-6-5-7-9-15-13)12-11(14)10-16-17(12)4-2/h10,15H,3-9H2,1-2H3. The number of nitrogens with one attached hydrogen (secondary N) is 1. The highest BCUT2D eigenvalue weighted by Crippen LogP contribution is 2.36. The second-order valence-corrected chi connectivity index (χ2v) is 5.68. The minimum Gasteiger partial charge on any atom is -0.306 e. The van der Waals surface area contributed by atoms with Crippen LogP contribution in [0.15, 0.2) is 10.7 Å². The molecule has 1 aromatic rings. The highest BCUT2D eigenvalue weighted by atomic mass is 79.9. The Labute approximate surface area is 112 Å². The van der Waals surface area contributed by atoms with Crippen molar-refractivity contribution in [2.24, 2.45) is 0 Å². The first-order chi connectivity index (χ1) is 8.23. The van der Waals surface area contributed by atoms with Gasteiger partial charge in [0.05, 0.1) is 21.9 Å². The summed E-state index contributed by atoms with van der Waals surface area (Å²) in [7, 11) is 0. The minimum absolute atomic E-state index is 0.113. The van der Waals surface area contributed by atoms with Gasteiger partial charge >= 0.3 is 0 Å². The second kappa shape index (κ2) is 5.53. The van der Waals surface area contributed by atoms with Crippen LogP contribution in [0.1, 0.15) is 51.6 Å². The molecule has 96 valence electrons. The van der Waals surface area contributed by atoms with E-state index in [9.17, 15) is 0 Å². The van der Waals surface area contributed by atoms with Crippen molar-refractivity contribution in [3.8, 4) is 0 Å². The zero-order chi connectivity index (χ0) is 12.3. The second-order valence-electron chi connectivity index (χ2n) is 4.83. The molecule has 1 N–H and O–H groups in total. The van der Waals surface area contributed by atoms with Crippen molar-refractivity contribution in [3.63, 3.8) is 0 Å². The lowest BCUT2D eigenvalue weighted by Crippen LogP contribution is -2.43. The molecule has 0 aliphatic carbocycles. The number of aryl methyl sites for hydroxylation is 1. The SMILES string of the molecule is CCn1ncc(Br)c1C1(CC)CCCCCN1. The third-order valence-electron chi connectivity index (χ3n) is 3.89. The van der Waals surface area contributed by atoms with Crippen LogP contribution in [0.2, 0.25) is 0 Å². The van der Waals surface area contributed by atoms with Crippen LogP contribution in [-0.2, 0) is 12.1 Å². The van der Waals surface area contributed by atoms with E-state index in [2.05, 4.69) is 44.9 Å². The summed E-state index contributed by atoms with van der Waals surface area (Å²) in [5.41, 5.74) is 1.45. The Morgan fingerprint density at radius 1 is 1.41 bits per heavy atom. The Morgan fingerprint density at radius 2 is 2.24 bits per heavy atom. The van der Waals surface area contributed by atoms with Crippen LogP contribution in [0.5, 0.6) is 0 Å². The van der Waals surface area contributed by atoms with E-state index < -0.39 is 0 Å². The molecule has 1 fully saturated rings. The highest BCUT2D eigenvalue weighted by Gasteiger charge is 2.35. The van der Waals surface area contributed by atoms with E-state index in [0.29, 0.717) is 0 Å². The molecule has 2 rings (SSSR count). The molecule has 1 aromatic heterocycles. The maximum atomic E-state index is 4.46. The molecule has 4 heteroatoms. The zero-order valence-corrected chi connectivity index (χ0v) is 12.4. The van der Waals surface area contributed by atoms with Crippen molar-refractivity contribution in [1.82, 2.24) is 15.1 Å². The highest BCUT2D eigenvalue weighted by molar-refractivity contribution is 9.10. The van der Waals surface area contributed by atoms with Crippen LogP contribution in [-0.4, -0.2) is 16.3 Å². The number of nitrogens with zero attached hydrogens (tertiary/aromatic N) is 2. The molecule has 1 atom stereocenters. The summed E-state index contributed by atoms with van der Waals surface area (Å²) < 4.78 is 3.28. The van der Waals surface area contributed by atoms with Gasteiger partial charge in [0.1, 0.15) is 0 Å². The van der Waals surface area contributed by atoms with Gasteiger partial charge in [-0.15, -0.1) is 0 Å². The summed E-state index contributed by atoms with van der Waals surface area (Å²) in [6, 6.07) is 0. The third-order valence-corrected chi connectivity index (χ3v) is 4.48. The molecule has 0 amide bonds. The lowest BCUT2D eigenvalue weighted by Gasteiger charge is -2.34. The Kier molecular flexibility index (Phi) is 4.26. The molecule has 1 aliphatic heterocycles. The van der Waals surface area contributed by atoms with Gasteiger partial charge in [0.15, 0.2) is 0 Å². The maximum absolute atomic E-state index is 4.46. The van der Waals surface area contributed by atoms with Crippen molar-refractivity contribution in [3.05, 3.63) is 16.4 Å². The van der Waals surface area contributed by atoms with Gasteiger partial charge in [-0.05, 0) is 48.7 Å². The number of aromatic nitrogens is 2. The topological polar surface area (TPSA) is 29.9 Å². The fourth-order valence-corrected chi connectivity index (χ4v) is 3.57. The molecule has 17 heavy (non-hydrogen) atoms. The van der Waals surface area contributed by atoms with Crippen molar-refractivity contribution < 1.29 is 0 Å². The van der Waals surface area contributed by atoms with Crippen LogP contribution in [0, 0.1) is 0 Å². The van der Waals surface area contributed by atoms with Gasteiger partial charge in [-0.2, -0.15) is 5.10 Å². The summed E-state index contributed by atoms with van der Waals surface area (Å²) in [6.45, 7) is 6.49. The molecule has 1 aliphatic rings. The first kappa shape index (κ1) is 13.1. The number of rotatable bonds is 3. The Bertz CT molecular complexity index is 365. The molecule has 0 radical (unpaired) electrons. The molecule has 0 saturated carbocycles. The van der Waals surface area contributed by atoms with Gasteiger partial charge in [0, 0.05) is 6.54 Å². The molecular weight excluding hydrogens is 278 g/mol. The minimum atomic E-state index is 0.113. The van der Waals surface area contributed by atoms with Crippen molar-refractivity contribution in [2.45, 2.75) is 58.0 Å². The van der Waals surface area contributed by atoms with E-state index in [4.69, 9.17) is 0 Å². The summed E-state index contributed by atoms with van der Waals surface area (Å²) in [5.74, 6) is 0. The van der Waals surface area contributed by atoms with E-state index in [0.717, 1.165) is 24.0 Å². The first-order valence-corrected chi connectivity index (χ1v) is 7.49. The van der Waals surface area contributed by atoms with Crippen LogP contribution in [0.4, 0.5) is 0 Å². The van der Waals surface area contributed by atoms with E-state index >= 15 is 0 Å². The lowest BCUT2D eigenvalue weighted by molar-refractivity contribution is 0.287. The molecule has 1 saturated heterocycles. The number of hydrogen-bond donors (Lipinski definition) is 1. The molecular formula is C13H22BrN3. The van der Waals surface area contributed by atoms with Gasteiger partial charge < -0.3 is 5.32 Å². The van der Waals surface area contributed by atoms with E-state index in [1.807, 2.05) is 6.20 Å². The van der Waals surface area contributed by atoms with E-state index in [1.165, 1.54) is 31.4 Å². The number of halogens is 1. The van der Waals surface area contributed by atoms with Gasteiger partial charge in [0.25, 0.3) is 0 Å². The predicted molar refractivity (Wildman–Crippen MR) is 74.0 cm³/mol. The number of hydrogen-bond acceptors (Lipinski definition) is 2. The molecule has 0 aromatic carbocycles. The quantitative estimate of drug-likeness (QED) is 0.927. The third kappa shape index (κ3) is 2.43. The average Bonchev–Trinajstić information content (AvgIpc) is 2.59. The fraction of sp³-hybridized carbons (Fsp3) is 0.769. The van der Waals surface area contributed by atoms with E-state index in [1.54, 1.807) is 0 Å². The Hall–Kier alpha value is -0.350. The smallest absolute Gasteiger partial charge is 0.0726 e. The van der Waals surface area contributed by atoms with E-state index in [-0.39, 0.29) is 5.54 Å². The van der Waals surface area contributed by atoms with Crippen molar-refractivity contribution in [1.29, 1.82) is 0 Å². The molecule has 0 spiro atoms. The normalized spacial score (nSPS) is 25.8. The largest absolute Gasteiger partial charge is 0.306 e. The molecule has 3 nitrogen and oxygen atoms in total. The summed E-state index contributed by atoms with van der Waals surface area (Å²) in [4.78, 5) is 0. The lowest BCUT2D eigenvalue weighted by atomic mass is 9.87. The maximum Gasteiger partial charge on any atom is 0.0726 e. The monoisotopic (exact) mass is 299 g/mol. The van der Waals surface area contributed by atoms with Crippen LogP contribution in [0.25, 0.3) is 0 Å². The van der Waals surface area contributed by atoms with Crippen LogP contribution < -0.4 is 5.32 Å². The predicted octanol–water partition coefficient (Wildman–Crippen LogP) is 3.43. The molecule has 0 bridgehead atoms. The Morgan fingerprint density at radius 3 is 2.94 bits per heavy atom. The summed E-state index contributed by atoms with van der Waals surface area (Å²) in [6.07, 6.45) is 8.21. The average molecular weight is 300 g/mol. The fourth-order valence-electron chi connectivity index (χ4n) is 2.89. The van der Waals surface area contributed by atoms with Crippen molar-refractivity contribution >= 4 is 15.9 Å². The zero-order valence-electron chi connectivity index (χ0n) is 10.8. The molecule has 1 unspecified atom stereocenters. The summed E-state index contributed by atoms with van der Waals surface area (Å²) in [5, 5.41) is 8.23.